The van der Waals surface area contributed by atoms with Crippen LogP contribution in [0.2, 0.25) is 0 Å². The van der Waals surface area contributed by atoms with Crippen molar-refractivity contribution in [2.75, 3.05) is 69.7 Å². The summed E-state index contributed by atoms with van der Waals surface area (Å²) in [6.07, 6.45) is 7.07. The molecule has 7 heteroatoms. The molecule has 3 aromatic rings. The number of anilines is 3. The molecule has 41 heavy (non-hydrogen) atoms. The van der Waals surface area contributed by atoms with Gasteiger partial charge in [-0.15, -0.1) is 0 Å². The quantitative estimate of drug-likeness (QED) is 0.245. The van der Waals surface area contributed by atoms with E-state index in [2.05, 4.69) is 76.2 Å². The van der Waals surface area contributed by atoms with Crippen molar-refractivity contribution in [3.05, 3.63) is 41.6 Å². The zero-order chi connectivity index (χ0) is 29.6. The number of nitrogens with one attached hydrogen (secondary N) is 2. The third kappa shape index (κ3) is 9.11. The molecular formula is C34H60N6O. The maximum absolute atomic E-state index is 6.33. The second-order valence-electron chi connectivity index (χ2n) is 10.7. The minimum Gasteiger partial charge on any atom is -0.492 e. The van der Waals surface area contributed by atoms with Crippen LogP contribution in [0.3, 0.4) is 0 Å². The SMILES string of the molecule is CC.CC.CCCN(CCC)c1cc(OCCN2CCN(C)CC2)cc(Nc2ccc3[nH]c4c(c3c2)CCCC4)n1.[HH].[HH]. The fraction of sp³-hybridized carbons (Fsp3) is 0.618. The van der Waals surface area contributed by atoms with Gasteiger partial charge in [0.05, 0.1) is 0 Å². The zero-order valence-corrected chi connectivity index (χ0v) is 27.0. The normalized spacial score (nSPS) is 15.3. The Morgan fingerprint density at radius 1 is 0.951 bits per heavy atom. The van der Waals surface area contributed by atoms with Gasteiger partial charge in [-0.05, 0) is 69.3 Å². The molecule has 232 valence electrons. The molecule has 3 heterocycles. The molecule has 0 saturated carbocycles. The first-order chi connectivity index (χ1) is 20.1. The number of piperazine rings is 1. The van der Waals surface area contributed by atoms with E-state index in [9.17, 15) is 0 Å². The Morgan fingerprint density at radius 2 is 1.66 bits per heavy atom. The number of fused-ring (bicyclic) bond motifs is 3. The van der Waals surface area contributed by atoms with Crippen molar-refractivity contribution in [3.63, 3.8) is 0 Å². The highest BCUT2D eigenvalue weighted by Gasteiger charge is 2.17. The highest BCUT2D eigenvalue weighted by atomic mass is 16.5. The van der Waals surface area contributed by atoms with Gasteiger partial charge in [0.2, 0.25) is 0 Å². The van der Waals surface area contributed by atoms with Gasteiger partial charge in [-0.25, -0.2) is 4.98 Å². The predicted octanol–water partition coefficient (Wildman–Crippen LogP) is 7.98. The van der Waals surface area contributed by atoms with Crippen LogP contribution in [-0.2, 0) is 12.8 Å². The fourth-order valence-electron chi connectivity index (χ4n) is 5.68. The summed E-state index contributed by atoms with van der Waals surface area (Å²) in [4.78, 5) is 15.9. The highest BCUT2D eigenvalue weighted by Crippen LogP contribution is 2.32. The van der Waals surface area contributed by atoms with Crippen LogP contribution in [0.4, 0.5) is 17.3 Å². The molecule has 2 aromatic heterocycles. The van der Waals surface area contributed by atoms with Gasteiger partial charge in [0.15, 0.2) is 0 Å². The van der Waals surface area contributed by atoms with Crippen LogP contribution in [-0.4, -0.2) is 79.2 Å². The average molecular weight is 569 g/mol. The van der Waals surface area contributed by atoms with Crippen LogP contribution in [0.5, 0.6) is 5.75 Å². The molecule has 0 radical (unpaired) electrons. The van der Waals surface area contributed by atoms with Crippen molar-refractivity contribution < 1.29 is 7.59 Å². The van der Waals surface area contributed by atoms with E-state index in [0.29, 0.717) is 6.61 Å². The van der Waals surface area contributed by atoms with Gasteiger partial charge in [0.25, 0.3) is 0 Å². The molecule has 2 aliphatic rings. The van der Waals surface area contributed by atoms with Crippen LogP contribution in [0.25, 0.3) is 10.9 Å². The van der Waals surface area contributed by atoms with Crippen LogP contribution < -0.4 is 15.0 Å². The van der Waals surface area contributed by atoms with E-state index in [1.54, 1.807) is 0 Å². The number of aromatic nitrogens is 2. The van der Waals surface area contributed by atoms with E-state index < -0.39 is 0 Å². The average Bonchev–Trinajstić information content (AvgIpc) is 3.38. The number of likely N-dealkylation sites (N-methyl/N-ethyl adjacent to an activating group) is 1. The summed E-state index contributed by atoms with van der Waals surface area (Å²) in [5.41, 5.74) is 5.23. The van der Waals surface area contributed by atoms with Crippen molar-refractivity contribution in [3.8, 4) is 5.75 Å². The molecule has 0 amide bonds. The molecule has 1 aromatic carbocycles. The highest BCUT2D eigenvalue weighted by molar-refractivity contribution is 5.88. The summed E-state index contributed by atoms with van der Waals surface area (Å²) in [6.45, 7) is 20.6. The fourth-order valence-corrected chi connectivity index (χ4v) is 5.68. The van der Waals surface area contributed by atoms with Crippen molar-refractivity contribution in [2.45, 2.75) is 80.1 Å². The summed E-state index contributed by atoms with van der Waals surface area (Å²) in [5.74, 6) is 2.72. The Morgan fingerprint density at radius 3 is 2.37 bits per heavy atom. The summed E-state index contributed by atoms with van der Waals surface area (Å²) in [5, 5.41) is 4.96. The van der Waals surface area contributed by atoms with E-state index in [-0.39, 0.29) is 2.85 Å². The molecule has 1 fully saturated rings. The number of aryl methyl sites for hydroxylation is 2. The van der Waals surface area contributed by atoms with Gasteiger partial charge in [0, 0.05) is 83.1 Å². The number of nitrogens with zero attached hydrogens (tertiary/aromatic N) is 4. The van der Waals surface area contributed by atoms with Gasteiger partial charge in [0.1, 0.15) is 24.0 Å². The maximum atomic E-state index is 6.33. The molecule has 5 rings (SSSR count). The van der Waals surface area contributed by atoms with E-state index in [4.69, 9.17) is 9.72 Å². The Kier molecular flexibility index (Phi) is 13.8. The lowest BCUT2D eigenvalue weighted by molar-refractivity contribution is 0.134. The number of pyridine rings is 1. The minimum atomic E-state index is 0. The molecule has 1 aliphatic heterocycles. The van der Waals surface area contributed by atoms with Crippen molar-refractivity contribution in [1.29, 1.82) is 0 Å². The standard InChI is InChI=1S/C30H44N6O.2C2H6.2H2/c1-4-12-36(13-5-2)30-22-24(37-19-18-35-16-14-34(3)15-17-35)21-29(33-30)31-23-10-11-28-26(20-23)25-8-6-7-9-27(25)32-28;2*1-2;;/h10-11,20-22,32H,4-9,12-19H2,1-3H3,(H,31,33);2*1-2H3;2*1H. The molecular weight excluding hydrogens is 508 g/mol. The number of ether oxygens (including phenoxy) is 1. The third-order valence-electron chi connectivity index (χ3n) is 7.74. The first-order valence-electron chi connectivity index (χ1n) is 16.3. The van der Waals surface area contributed by atoms with E-state index in [0.717, 1.165) is 88.1 Å². The van der Waals surface area contributed by atoms with Crippen molar-refractivity contribution in [2.24, 2.45) is 0 Å². The Balaban J connectivity index is 0.00000148. The Hall–Kier alpha value is -2.77. The molecule has 1 saturated heterocycles. The number of H-pyrrole nitrogens is 1. The largest absolute Gasteiger partial charge is 0.492 e. The van der Waals surface area contributed by atoms with Gasteiger partial charge in [-0.1, -0.05) is 41.5 Å². The zero-order valence-electron chi connectivity index (χ0n) is 27.0. The molecule has 0 bridgehead atoms. The lowest BCUT2D eigenvalue weighted by Crippen LogP contribution is -2.45. The number of aromatic amines is 1. The predicted molar refractivity (Wildman–Crippen MR) is 182 cm³/mol. The van der Waals surface area contributed by atoms with Crippen LogP contribution in [0.1, 0.15) is 81.3 Å². The lowest BCUT2D eigenvalue weighted by atomic mass is 9.95. The van der Waals surface area contributed by atoms with Gasteiger partial charge < -0.3 is 24.8 Å². The van der Waals surface area contributed by atoms with E-state index >= 15 is 0 Å². The summed E-state index contributed by atoms with van der Waals surface area (Å²) >= 11 is 0. The number of hydrogen-bond acceptors (Lipinski definition) is 6. The van der Waals surface area contributed by atoms with E-state index in [1.165, 1.54) is 41.4 Å². The van der Waals surface area contributed by atoms with Crippen LogP contribution in [0.15, 0.2) is 30.3 Å². The summed E-state index contributed by atoms with van der Waals surface area (Å²) < 4.78 is 6.33. The molecule has 7 nitrogen and oxygen atoms in total. The summed E-state index contributed by atoms with van der Waals surface area (Å²) in [7, 11) is 2.20. The second kappa shape index (κ2) is 17.2. The monoisotopic (exact) mass is 568 g/mol. The lowest BCUT2D eigenvalue weighted by Gasteiger charge is -2.32. The van der Waals surface area contributed by atoms with Crippen molar-refractivity contribution in [1.82, 2.24) is 19.8 Å². The molecule has 2 N–H and O–H groups in total. The minimum absolute atomic E-state index is 0. The Bertz CT molecular complexity index is 1170. The molecule has 0 unspecified atom stereocenters. The third-order valence-corrected chi connectivity index (χ3v) is 7.74. The number of benzene rings is 1. The first kappa shape index (κ1) is 32.7. The van der Waals surface area contributed by atoms with E-state index in [1.807, 2.05) is 27.7 Å². The number of hydrogen-bond donors (Lipinski definition) is 2. The van der Waals surface area contributed by atoms with Gasteiger partial charge >= 0.3 is 0 Å². The topological polar surface area (TPSA) is 59.7 Å². The summed E-state index contributed by atoms with van der Waals surface area (Å²) in [6, 6.07) is 10.8. The Labute approximate surface area is 252 Å². The van der Waals surface area contributed by atoms with Gasteiger partial charge in [-0.2, -0.15) is 0 Å². The van der Waals surface area contributed by atoms with Crippen LogP contribution >= 0.6 is 0 Å². The second-order valence-corrected chi connectivity index (χ2v) is 10.7. The number of rotatable bonds is 11. The van der Waals surface area contributed by atoms with Gasteiger partial charge in [-0.3, -0.25) is 4.90 Å². The van der Waals surface area contributed by atoms with Crippen molar-refractivity contribution >= 4 is 28.2 Å². The maximum Gasteiger partial charge on any atom is 0.136 e. The first-order valence-corrected chi connectivity index (χ1v) is 16.3. The molecule has 1 aliphatic carbocycles. The smallest absolute Gasteiger partial charge is 0.136 e. The molecule has 0 spiro atoms. The van der Waals surface area contributed by atoms with Crippen LogP contribution in [0, 0.1) is 0 Å². The molecule has 0 atom stereocenters.